The molecule has 206 valence electrons. The number of thiophene rings is 1. The summed E-state index contributed by atoms with van der Waals surface area (Å²) < 4.78 is 1.69. The van der Waals surface area contributed by atoms with Crippen LogP contribution in [-0.2, 0) is 11.3 Å². The normalized spacial score (nSPS) is 10.9. The second-order valence-electron chi connectivity index (χ2n) is 9.13. The number of non-ortho nitro benzene ring substituents is 1. The summed E-state index contributed by atoms with van der Waals surface area (Å²) in [4.78, 5) is 55.6. The molecule has 3 amide bonds. The van der Waals surface area contributed by atoms with Crippen molar-refractivity contribution in [3.8, 4) is 10.4 Å². The van der Waals surface area contributed by atoms with Crippen LogP contribution in [0, 0.1) is 10.1 Å². The Kier molecular flexibility index (Phi) is 7.57. The van der Waals surface area contributed by atoms with Crippen LogP contribution in [-0.4, -0.2) is 39.2 Å². The minimum atomic E-state index is -0.506. The number of anilines is 2. The topological polar surface area (TPSA) is 153 Å². The monoisotopic (exact) mass is 568 g/mol. The van der Waals surface area contributed by atoms with Crippen molar-refractivity contribution in [2.24, 2.45) is 5.73 Å². The molecular weight excluding hydrogens is 544 g/mol. The van der Waals surface area contributed by atoms with Gasteiger partial charge in [0.1, 0.15) is 0 Å². The molecule has 0 spiro atoms. The molecular formula is C29H24N6O5S. The predicted octanol–water partition coefficient (Wildman–Crippen LogP) is 5.08. The zero-order valence-electron chi connectivity index (χ0n) is 21.8. The van der Waals surface area contributed by atoms with Gasteiger partial charge < -0.3 is 15.2 Å². The molecule has 0 fully saturated rings. The van der Waals surface area contributed by atoms with Crippen molar-refractivity contribution >= 4 is 57.4 Å². The van der Waals surface area contributed by atoms with E-state index in [0.717, 1.165) is 0 Å². The first kappa shape index (κ1) is 27.2. The molecule has 12 heteroatoms. The summed E-state index contributed by atoms with van der Waals surface area (Å²) in [5, 5.41) is 14.0. The van der Waals surface area contributed by atoms with Crippen LogP contribution in [0.4, 0.5) is 17.3 Å². The molecule has 0 atom stereocenters. The summed E-state index contributed by atoms with van der Waals surface area (Å²) in [7, 11) is 1.67. The predicted molar refractivity (Wildman–Crippen MR) is 157 cm³/mol. The SMILES string of the molecule is CN(C(=O)c1ccccc1)c1ccc2c(c1)nc(NC(=O)c1ccc(-c3cccc([N+](=O)[O-])c3)s1)n2CCC(N)=O. The van der Waals surface area contributed by atoms with Gasteiger partial charge in [-0.1, -0.05) is 30.3 Å². The number of nitrogens with one attached hydrogen (secondary N) is 1. The van der Waals surface area contributed by atoms with Crippen molar-refractivity contribution in [1.82, 2.24) is 9.55 Å². The molecule has 0 radical (unpaired) electrons. The van der Waals surface area contributed by atoms with Gasteiger partial charge in [-0.3, -0.25) is 29.8 Å². The Morgan fingerprint density at radius 1 is 1.02 bits per heavy atom. The first-order chi connectivity index (χ1) is 19.7. The Bertz CT molecular complexity index is 1800. The Morgan fingerprint density at radius 3 is 2.54 bits per heavy atom. The molecule has 0 saturated heterocycles. The van der Waals surface area contributed by atoms with Crippen molar-refractivity contribution in [2.45, 2.75) is 13.0 Å². The zero-order valence-corrected chi connectivity index (χ0v) is 22.6. The average Bonchev–Trinajstić information content (AvgIpc) is 3.60. The van der Waals surface area contributed by atoms with Crippen molar-refractivity contribution in [1.29, 1.82) is 0 Å². The third-order valence-electron chi connectivity index (χ3n) is 6.42. The van der Waals surface area contributed by atoms with Crippen LogP contribution in [0.2, 0.25) is 0 Å². The van der Waals surface area contributed by atoms with E-state index in [9.17, 15) is 24.5 Å². The van der Waals surface area contributed by atoms with E-state index in [1.54, 1.807) is 78.3 Å². The fourth-order valence-corrected chi connectivity index (χ4v) is 5.21. The van der Waals surface area contributed by atoms with Crippen LogP contribution >= 0.6 is 11.3 Å². The lowest BCUT2D eigenvalue weighted by Gasteiger charge is -2.17. The maximum absolute atomic E-state index is 13.2. The van der Waals surface area contributed by atoms with E-state index in [-0.39, 0.29) is 30.5 Å². The van der Waals surface area contributed by atoms with E-state index in [1.165, 1.54) is 28.4 Å². The molecule has 3 aromatic carbocycles. The summed E-state index contributed by atoms with van der Waals surface area (Å²) in [6.45, 7) is 0.183. The highest BCUT2D eigenvalue weighted by Crippen LogP contribution is 2.31. The first-order valence-electron chi connectivity index (χ1n) is 12.5. The van der Waals surface area contributed by atoms with Gasteiger partial charge in [0, 0.05) is 48.3 Å². The minimum Gasteiger partial charge on any atom is -0.370 e. The molecule has 0 unspecified atom stereocenters. The lowest BCUT2D eigenvalue weighted by molar-refractivity contribution is -0.384. The van der Waals surface area contributed by atoms with Crippen molar-refractivity contribution in [3.63, 3.8) is 0 Å². The Labute approximate surface area is 238 Å². The quantitative estimate of drug-likeness (QED) is 0.187. The van der Waals surface area contributed by atoms with Gasteiger partial charge in [0.2, 0.25) is 11.9 Å². The van der Waals surface area contributed by atoms with Crippen LogP contribution in [0.1, 0.15) is 26.5 Å². The molecule has 41 heavy (non-hydrogen) atoms. The molecule has 5 aromatic rings. The molecule has 3 N–H and O–H groups in total. The Hall–Kier alpha value is -5.36. The number of amides is 3. The van der Waals surface area contributed by atoms with Crippen LogP contribution < -0.4 is 16.0 Å². The number of nitrogens with two attached hydrogens (primary N) is 1. The van der Waals surface area contributed by atoms with Crippen molar-refractivity contribution in [2.75, 3.05) is 17.3 Å². The summed E-state index contributed by atoms with van der Waals surface area (Å²) >= 11 is 1.18. The van der Waals surface area contributed by atoms with E-state index < -0.39 is 16.7 Å². The number of nitro benzene ring substituents is 1. The number of primary amides is 1. The largest absolute Gasteiger partial charge is 0.370 e. The van der Waals surface area contributed by atoms with E-state index in [2.05, 4.69) is 10.3 Å². The van der Waals surface area contributed by atoms with Gasteiger partial charge in [0.05, 0.1) is 20.8 Å². The number of nitro groups is 1. The van der Waals surface area contributed by atoms with Crippen LogP contribution in [0.3, 0.4) is 0 Å². The highest BCUT2D eigenvalue weighted by molar-refractivity contribution is 7.17. The fourth-order valence-electron chi connectivity index (χ4n) is 4.31. The van der Waals surface area contributed by atoms with Crippen LogP contribution in [0.15, 0.2) is 84.9 Å². The number of carbonyl (C=O) groups excluding carboxylic acids is 3. The molecule has 0 aliphatic heterocycles. The number of nitrogens with zero attached hydrogens (tertiary/aromatic N) is 4. The molecule has 0 saturated carbocycles. The summed E-state index contributed by atoms with van der Waals surface area (Å²) in [6.07, 6.45) is 0.0262. The van der Waals surface area contributed by atoms with Crippen LogP contribution in [0.25, 0.3) is 21.5 Å². The zero-order chi connectivity index (χ0) is 29.1. The van der Waals surface area contributed by atoms with E-state index in [4.69, 9.17) is 5.73 Å². The molecule has 11 nitrogen and oxygen atoms in total. The van der Waals surface area contributed by atoms with E-state index in [1.807, 2.05) is 6.07 Å². The van der Waals surface area contributed by atoms with Crippen LogP contribution in [0.5, 0.6) is 0 Å². The number of hydrogen-bond donors (Lipinski definition) is 2. The smallest absolute Gasteiger partial charge is 0.270 e. The number of carbonyl (C=O) groups is 3. The highest BCUT2D eigenvalue weighted by Gasteiger charge is 2.20. The molecule has 0 aliphatic rings. The standard InChI is InChI=1S/C29H24N6O5S/c1-33(28(38)18-6-3-2-4-7-18)20-10-11-23-22(17-20)31-29(34(23)15-14-26(30)36)32-27(37)25-13-12-24(41-25)19-8-5-9-21(16-19)35(39)40/h2-13,16-17H,14-15H2,1H3,(H2,30,36)(H,31,32,37). The Morgan fingerprint density at radius 2 is 1.80 bits per heavy atom. The average molecular weight is 569 g/mol. The molecule has 5 rings (SSSR count). The summed E-state index contributed by atoms with van der Waals surface area (Å²) in [5.74, 6) is -0.915. The van der Waals surface area contributed by atoms with Gasteiger partial charge >= 0.3 is 0 Å². The number of imidazole rings is 1. The summed E-state index contributed by atoms with van der Waals surface area (Å²) in [6, 6.07) is 23.7. The number of rotatable bonds is 9. The molecule has 0 aliphatic carbocycles. The Balaban J connectivity index is 1.43. The number of hydrogen-bond acceptors (Lipinski definition) is 7. The summed E-state index contributed by atoms with van der Waals surface area (Å²) in [5.41, 5.74) is 8.27. The third kappa shape index (κ3) is 5.82. The van der Waals surface area contributed by atoms with Gasteiger partial charge in [-0.05, 0) is 48.0 Å². The van der Waals surface area contributed by atoms with Gasteiger partial charge in [0.25, 0.3) is 17.5 Å². The van der Waals surface area contributed by atoms with Gasteiger partial charge in [0.15, 0.2) is 0 Å². The third-order valence-corrected chi connectivity index (χ3v) is 7.56. The molecule has 2 heterocycles. The fraction of sp³-hybridized carbons (Fsp3) is 0.103. The van der Waals surface area contributed by atoms with Gasteiger partial charge in [-0.15, -0.1) is 11.3 Å². The lowest BCUT2D eigenvalue weighted by atomic mass is 10.2. The number of benzene rings is 3. The van der Waals surface area contributed by atoms with Gasteiger partial charge in [-0.25, -0.2) is 4.98 Å². The van der Waals surface area contributed by atoms with Crippen molar-refractivity contribution < 1.29 is 19.3 Å². The van der Waals surface area contributed by atoms with Gasteiger partial charge in [-0.2, -0.15) is 0 Å². The maximum atomic E-state index is 13.2. The second kappa shape index (κ2) is 11.4. The molecule has 0 bridgehead atoms. The van der Waals surface area contributed by atoms with Crippen molar-refractivity contribution in [3.05, 3.63) is 105 Å². The van der Waals surface area contributed by atoms with E-state index >= 15 is 0 Å². The highest BCUT2D eigenvalue weighted by atomic mass is 32.1. The van der Waals surface area contributed by atoms with E-state index in [0.29, 0.717) is 37.6 Å². The maximum Gasteiger partial charge on any atom is 0.270 e. The lowest BCUT2D eigenvalue weighted by Crippen LogP contribution is -2.26. The second-order valence-corrected chi connectivity index (χ2v) is 10.2. The number of fused-ring (bicyclic) bond motifs is 1. The number of aryl methyl sites for hydroxylation is 1. The first-order valence-corrected chi connectivity index (χ1v) is 13.3. The number of aromatic nitrogens is 2. The minimum absolute atomic E-state index is 0.0262. The molecule has 2 aromatic heterocycles.